The van der Waals surface area contributed by atoms with Gasteiger partial charge in [0.05, 0.1) is 21.4 Å². The molecule has 2 atom stereocenters. The van der Waals surface area contributed by atoms with Gasteiger partial charge in [-0.1, -0.05) is 140 Å². The number of amidine groups is 1. The highest BCUT2D eigenvalue weighted by Gasteiger charge is 2.27. The van der Waals surface area contributed by atoms with E-state index in [2.05, 4.69) is 185 Å². The number of benzene rings is 8. The molecule has 6 heteroatoms. The molecule has 1 aliphatic heterocycles. The third kappa shape index (κ3) is 5.08. The maximum absolute atomic E-state index is 6.70. The summed E-state index contributed by atoms with van der Waals surface area (Å²) >= 11 is 1.87. The lowest BCUT2D eigenvalue weighted by Gasteiger charge is -2.32. The zero-order valence-electron chi connectivity index (χ0n) is 30.7. The Bertz CT molecular complexity index is 3320. The summed E-state index contributed by atoms with van der Waals surface area (Å²) in [6.07, 6.45) is -0.343. The van der Waals surface area contributed by atoms with Crippen molar-refractivity contribution in [2.24, 2.45) is 4.99 Å². The van der Waals surface area contributed by atoms with Gasteiger partial charge in [-0.05, 0) is 64.7 Å². The first-order valence-electron chi connectivity index (χ1n) is 19.4. The van der Waals surface area contributed by atoms with Crippen LogP contribution in [0.5, 0.6) is 0 Å². The number of aromatic nitrogens is 1. The average Bonchev–Trinajstić information content (AvgIpc) is 3.96. The molecular weight excluding hydrogens is 717 g/mol. The normalized spacial score (nSPS) is 15.9. The molecule has 0 saturated carbocycles. The number of hydrogen-bond donors (Lipinski definition) is 2. The lowest BCUT2D eigenvalue weighted by atomic mass is 9.97. The van der Waals surface area contributed by atoms with Crippen LogP contribution >= 0.6 is 11.3 Å². The molecule has 4 heterocycles. The summed E-state index contributed by atoms with van der Waals surface area (Å²) in [6, 6.07) is 64.8. The smallest absolute Gasteiger partial charge is 0.136 e. The Hall–Kier alpha value is -6.99. The summed E-state index contributed by atoms with van der Waals surface area (Å²) in [5.74, 6) is 0.836. The minimum atomic E-state index is -0.218. The second kappa shape index (κ2) is 12.8. The van der Waals surface area contributed by atoms with Crippen molar-refractivity contribution in [2.75, 3.05) is 0 Å². The monoisotopic (exact) mass is 750 g/mol. The first-order chi connectivity index (χ1) is 28.3. The Kier molecular flexibility index (Phi) is 7.24. The molecule has 3 aromatic heterocycles. The molecule has 0 radical (unpaired) electrons. The second-order valence-corrected chi connectivity index (χ2v) is 15.8. The molecule has 5 nitrogen and oxygen atoms in total. The zero-order valence-corrected chi connectivity index (χ0v) is 31.5. The van der Waals surface area contributed by atoms with E-state index in [0.29, 0.717) is 0 Å². The van der Waals surface area contributed by atoms with Gasteiger partial charge >= 0.3 is 0 Å². The molecule has 11 aromatic rings. The van der Waals surface area contributed by atoms with Gasteiger partial charge in [-0.2, -0.15) is 0 Å². The minimum Gasteiger partial charge on any atom is -0.456 e. The van der Waals surface area contributed by atoms with E-state index in [1.54, 1.807) is 0 Å². The number of furan rings is 1. The van der Waals surface area contributed by atoms with Gasteiger partial charge in [0, 0.05) is 42.6 Å². The molecule has 2 N–H and O–H groups in total. The number of fused-ring (bicyclic) bond motifs is 9. The molecule has 0 bridgehead atoms. The molecule has 0 fully saturated rings. The molecule has 0 saturated heterocycles. The van der Waals surface area contributed by atoms with Gasteiger partial charge in [0.1, 0.15) is 29.3 Å². The third-order valence-electron chi connectivity index (χ3n) is 11.5. The van der Waals surface area contributed by atoms with Crippen LogP contribution in [0.1, 0.15) is 29.0 Å². The van der Waals surface area contributed by atoms with Crippen LogP contribution in [0, 0.1) is 0 Å². The van der Waals surface area contributed by atoms with E-state index in [1.165, 1.54) is 53.2 Å². The van der Waals surface area contributed by atoms with Gasteiger partial charge in [-0.3, -0.25) is 5.32 Å². The predicted octanol–water partition coefficient (Wildman–Crippen LogP) is 13.1. The Morgan fingerprint density at radius 1 is 0.526 bits per heavy atom. The summed E-state index contributed by atoms with van der Waals surface area (Å²) in [4.78, 5) is 5.27. The van der Waals surface area contributed by atoms with Crippen molar-refractivity contribution in [3.05, 3.63) is 199 Å². The highest BCUT2D eigenvalue weighted by molar-refractivity contribution is 7.26. The van der Waals surface area contributed by atoms with Gasteiger partial charge in [0.15, 0.2) is 0 Å². The van der Waals surface area contributed by atoms with Gasteiger partial charge in [0.25, 0.3) is 0 Å². The summed E-state index contributed by atoms with van der Waals surface area (Å²) in [5.41, 5.74) is 10.9. The summed E-state index contributed by atoms with van der Waals surface area (Å²) < 4.78 is 11.7. The lowest BCUT2D eigenvalue weighted by molar-refractivity contribution is 0.409. The van der Waals surface area contributed by atoms with Crippen molar-refractivity contribution in [3.8, 4) is 16.8 Å². The Labute approximate surface area is 332 Å². The quantitative estimate of drug-likeness (QED) is 0.184. The molecule has 8 aromatic carbocycles. The molecule has 0 amide bonds. The largest absolute Gasteiger partial charge is 0.456 e. The van der Waals surface area contributed by atoms with E-state index in [1.807, 2.05) is 23.5 Å². The standard InChI is InChI=1S/C51H34N4OS/c1-3-14-31(15-4-1)49-52-50(32-16-5-2-6-17-32)54-51(53-49)39-22-12-26-43-46(39)37-29-28-33(30-44(37)56-43)34-20-13-27-45-47(34)38-21-11-25-42(48(38)57-45)55-40-23-9-7-18-35(40)36-19-8-10-24-41(36)55/h1-30,49-50,52H,(H,53,54). The van der Waals surface area contributed by atoms with Crippen molar-refractivity contribution in [3.63, 3.8) is 0 Å². The number of rotatable bonds is 5. The fourth-order valence-corrected chi connectivity index (χ4v) is 10.2. The first-order valence-corrected chi connectivity index (χ1v) is 20.2. The van der Waals surface area contributed by atoms with E-state index in [-0.39, 0.29) is 12.3 Å². The Morgan fingerprint density at radius 2 is 1.19 bits per heavy atom. The van der Waals surface area contributed by atoms with Crippen LogP contribution in [0.4, 0.5) is 0 Å². The second-order valence-electron chi connectivity index (χ2n) is 14.7. The van der Waals surface area contributed by atoms with E-state index in [9.17, 15) is 0 Å². The summed E-state index contributed by atoms with van der Waals surface area (Å²) in [6.45, 7) is 0. The molecule has 0 spiro atoms. The molecular formula is C51H34N4OS. The zero-order chi connectivity index (χ0) is 37.5. The van der Waals surface area contributed by atoms with Crippen molar-refractivity contribution in [1.82, 2.24) is 15.2 Å². The van der Waals surface area contributed by atoms with Crippen LogP contribution in [0.2, 0.25) is 0 Å². The van der Waals surface area contributed by atoms with Crippen LogP contribution in [-0.4, -0.2) is 10.4 Å². The maximum Gasteiger partial charge on any atom is 0.136 e. The number of nitrogens with zero attached hydrogens (tertiary/aromatic N) is 2. The molecule has 270 valence electrons. The first kappa shape index (κ1) is 32.3. The third-order valence-corrected chi connectivity index (χ3v) is 12.7. The minimum absolute atomic E-state index is 0.125. The topological polar surface area (TPSA) is 54.5 Å². The van der Waals surface area contributed by atoms with Crippen LogP contribution in [0.15, 0.2) is 191 Å². The van der Waals surface area contributed by atoms with Crippen molar-refractivity contribution in [2.45, 2.75) is 12.3 Å². The van der Waals surface area contributed by atoms with Crippen molar-refractivity contribution < 1.29 is 4.42 Å². The van der Waals surface area contributed by atoms with Gasteiger partial charge in [0.2, 0.25) is 0 Å². The van der Waals surface area contributed by atoms with E-state index < -0.39 is 0 Å². The number of nitrogens with one attached hydrogen (secondary N) is 2. The highest BCUT2D eigenvalue weighted by atomic mass is 32.1. The molecule has 0 aliphatic carbocycles. The van der Waals surface area contributed by atoms with E-state index in [0.717, 1.165) is 50.0 Å². The molecule has 57 heavy (non-hydrogen) atoms. The molecule has 1 aliphatic rings. The maximum atomic E-state index is 6.70. The Morgan fingerprint density at radius 3 is 1.98 bits per heavy atom. The van der Waals surface area contributed by atoms with Gasteiger partial charge in [-0.25, -0.2) is 4.99 Å². The summed E-state index contributed by atoms with van der Waals surface area (Å²) in [5, 5.41) is 14.6. The van der Waals surface area contributed by atoms with Crippen LogP contribution in [-0.2, 0) is 0 Å². The van der Waals surface area contributed by atoms with Crippen LogP contribution in [0.25, 0.3) is 80.7 Å². The fraction of sp³-hybridized carbons (Fsp3) is 0.0392. The molecule has 12 rings (SSSR count). The van der Waals surface area contributed by atoms with Crippen LogP contribution in [0.3, 0.4) is 0 Å². The fourth-order valence-electron chi connectivity index (χ4n) is 8.94. The number of thiophene rings is 1. The van der Waals surface area contributed by atoms with E-state index >= 15 is 0 Å². The summed E-state index contributed by atoms with van der Waals surface area (Å²) in [7, 11) is 0. The Balaban J connectivity index is 1.00. The average molecular weight is 751 g/mol. The van der Waals surface area contributed by atoms with Gasteiger partial charge < -0.3 is 14.3 Å². The molecule has 2 unspecified atom stereocenters. The highest BCUT2D eigenvalue weighted by Crippen LogP contribution is 2.45. The van der Waals surface area contributed by atoms with Crippen LogP contribution < -0.4 is 10.6 Å². The van der Waals surface area contributed by atoms with Crippen molar-refractivity contribution in [1.29, 1.82) is 0 Å². The van der Waals surface area contributed by atoms with Gasteiger partial charge in [-0.15, -0.1) is 11.3 Å². The van der Waals surface area contributed by atoms with E-state index in [4.69, 9.17) is 9.41 Å². The number of para-hydroxylation sites is 2. The van der Waals surface area contributed by atoms with Crippen molar-refractivity contribution >= 4 is 81.1 Å². The SMILES string of the molecule is c1ccc(C2N=C(c3cccc4oc5cc(-c6cccc7sc8c(-n9c%10ccccc%10c%10ccccc%109)cccc8c67)ccc5c34)NC(c3ccccc3)N2)cc1. The predicted molar refractivity (Wildman–Crippen MR) is 238 cm³/mol. The number of hydrogen-bond acceptors (Lipinski definition) is 5. The number of aliphatic imine (C=N–C) groups is 1. The lowest BCUT2D eigenvalue weighted by Crippen LogP contribution is -2.45.